The predicted octanol–water partition coefficient (Wildman–Crippen LogP) is 2.87. The lowest BCUT2D eigenvalue weighted by molar-refractivity contribution is -0.134. The van der Waals surface area contributed by atoms with Gasteiger partial charge in [0.1, 0.15) is 5.78 Å². The number of hydrogen-bond acceptors (Lipinski definition) is 2. The molecule has 0 saturated heterocycles. The highest BCUT2D eigenvalue weighted by Crippen LogP contribution is 2.37. The molecule has 0 spiro atoms. The molecule has 1 N–H and O–H groups in total. The number of carbonyl (C=O) groups is 1. The maximum atomic E-state index is 12.2. The van der Waals surface area contributed by atoms with Crippen LogP contribution in [-0.4, -0.2) is 18.9 Å². The molecule has 0 fully saturated rings. The van der Waals surface area contributed by atoms with E-state index in [2.05, 4.69) is 39.9 Å². The molecule has 0 aromatic rings. The quantitative estimate of drug-likeness (QED) is 0.704. The van der Waals surface area contributed by atoms with Crippen molar-refractivity contribution >= 4 is 5.78 Å². The summed E-state index contributed by atoms with van der Waals surface area (Å²) in [5, 5.41) is 3.35. The molecule has 0 aliphatic rings. The first-order valence-electron chi connectivity index (χ1n) is 6.17. The van der Waals surface area contributed by atoms with E-state index in [1.165, 1.54) is 0 Å². The van der Waals surface area contributed by atoms with Gasteiger partial charge in [0, 0.05) is 18.4 Å². The molecule has 0 aromatic carbocycles. The minimum absolute atomic E-state index is 0.190. The van der Waals surface area contributed by atoms with Crippen LogP contribution < -0.4 is 5.32 Å². The molecule has 0 aliphatic heterocycles. The van der Waals surface area contributed by atoms with Gasteiger partial charge in [-0.3, -0.25) is 4.79 Å². The molecule has 2 heteroatoms. The molecule has 0 aliphatic carbocycles. The molecule has 0 saturated carbocycles. The van der Waals surface area contributed by atoms with E-state index in [1.54, 1.807) is 0 Å². The van der Waals surface area contributed by atoms with Gasteiger partial charge in [0.15, 0.2) is 0 Å². The summed E-state index contributed by atoms with van der Waals surface area (Å²) >= 11 is 0. The molecule has 0 heterocycles. The van der Waals surface area contributed by atoms with Gasteiger partial charge in [-0.2, -0.15) is 0 Å². The highest BCUT2D eigenvalue weighted by Gasteiger charge is 2.42. The Balaban J connectivity index is 4.99. The summed E-state index contributed by atoms with van der Waals surface area (Å²) < 4.78 is 0. The molecule has 0 rings (SSSR count). The normalized spacial score (nSPS) is 12.5. The van der Waals surface area contributed by atoms with Crippen molar-refractivity contribution in [1.29, 1.82) is 0 Å². The zero-order chi connectivity index (χ0) is 12.1. The zero-order valence-corrected chi connectivity index (χ0v) is 11.2. The lowest BCUT2D eigenvalue weighted by Gasteiger charge is -2.40. The summed E-state index contributed by atoms with van der Waals surface area (Å²) in [4.78, 5) is 12.2. The maximum absolute atomic E-state index is 12.2. The van der Waals surface area contributed by atoms with Gasteiger partial charge in [0.2, 0.25) is 0 Å². The van der Waals surface area contributed by atoms with Crippen molar-refractivity contribution in [3.05, 3.63) is 0 Å². The average Bonchev–Trinajstić information content (AvgIpc) is 2.17. The van der Waals surface area contributed by atoms with Crippen molar-refractivity contribution in [1.82, 2.24) is 5.32 Å². The van der Waals surface area contributed by atoms with E-state index in [-0.39, 0.29) is 5.41 Å². The van der Waals surface area contributed by atoms with Crippen molar-refractivity contribution < 1.29 is 4.79 Å². The Bertz CT molecular complexity index is 189. The summed E-state index contributed by atoms with van der Waals surface area (Å²) in [5.74, 6) is 1.18. The Hall–Kier alpha value is -0.370. The van der Waals surface area contributed by atoms with Crippen LogP contribution in [0.15, 0.2) is 0 Å². The number of hydrogen-bond donors (Lipinski definition) is 1. The Labute approximate surface area is 94.8 Å². The van der Waals surface area contributed by atoms with Crippen LogP contribution in [0.1, 0.15) is 48.0 Å². The summed E-state index contributed by atoms with van der Waals surface area (Å²) in [6.45, 7) is 14.4. The topological polar surface area (TPSA) is 29.1 Å². The smallest absolute Gasteiger partial charge is 0.140 e. The molecule has 0 radical (unpaired) electrons. The van der Waals surface area contributed by atoms with Crippen LogP contribution >= 0.6 is 0 Å². The predicted molar refractivity (Wildman–Crippen MR) is 66.0 cm³/mol. The second-order valence-corrected chi connectivity index (χ2v) is 4.91. The summed E-state index contributed by atoms with van der Waals surface area (Å²) in [7, 11) is 0. The fourth-order valence-corrected chi connectivity index (χ4v) is 2.48. The van der Waals surface area contributed by atoms with Crippen LogP contribution in [0.3, 0.4) is 0 Å². The molecule has 2 nitrogen and oxygen atoms in total. The van der Waals surface area contributed by atoms with Crippen molar-refractivity contribution in [3.8, 4) is 0 Å². The van der Waals surface area contributed by atoms with Gasteiger partial charge in [0.05, 0.1) is 0 Å². The third-order valence-electron chi connectivity index (χ3n) is 3.57. The van der Waals surface area contributed by atoms with E-state index in [9.17, 15) is 4.79 Å². The molecule has 15 heavy (non-hydrogen) atoms. The van der Waals surface area contributed by atoms with Crippen molar-refractivity contribution in [2.75, 3.05) is 13.1 Å². The van der Waals surface area contributed by atoms with Gasteiger partial charge < -0.3 is 5.32 Å². The molecule has 0 aromatic heterocycles. The number of carbonyl (C=O) groups excluding carboxylic acids is 1. The zero-order valence-electron chi connectivity index (χ0n) is 11.2. The molecule has 90 valence electrons. The standard InChI is InChI=1S/C13H27NO/c1-7-12(15)13(10(3)4,11(5)6)9-14-8-2/h10-11,14H,7-9H2,1-6H3. The third-order valence-corrected chi connectivity index (χ3v) is 3.57. The Kier molecular flexibility index (Phi) is 6.11. The van der Waals surface area contributed by atoms with Crippen LogP contribution in [0.4, 0.5) is 0 Å². The van der Waals surface area contributed by atoms with Gasteiger partial charge >= 0.3 is 0 Å². The van der Waals surface area contributed by atoms with E-state index in [1.807, 2.05) is 6.92 Å². The van der Waals surface area contributed by atoms with E-state index in [4.69, 9.17) is 0 Å². The first-order valence-corrected chi connectivity index (χ1v) is 6.17. The SMILES string of the molecule is CCNCC(C(=O)CC)(C(C)C)C(C)C. The summed E-state index contributed by atoms with van der Waals surface area (Å²) in [6, 6.07) is 0. The fourth-order valence-electron chi connectivity index (χ4n) is 2.48. The van der Waals surface area contributed by atoms with Gasteiger partial charge in [0.25, 0.3) is 0 Å². The first-order chi connectivity index (χ1) is 6.93. The molecular formula is C13H27NO. The lowest BCUT2D eigenvalue weighted by Crippen LogP contribution is -2.48. The van der Waals surface area contributed by atoms with Crippen molar-refractivity contribution in [3.63, 3.8) is 0 Å². The van der Waals surface area contributed by atoms with Gasteiger partial charge in [-0.05, 0) is 18.4 Å². The van der Waals surface area contributed by atoms with E-state index in [0.29, 0.717) is 24.0 Å². The molecule has 0 amide bonds. The van der Waals surface area contributed by atoms with Crippen LogP contribution in [0.2, 0.25) is 0 Å². The van der Waals surface area contributed by atoms with Gasteiger partial charge in [-0.15, -0.1) is 0 Å². The van der Waals surface area contributed by atoms with Crippen molar-refractivity contribution in [2.24, 2.45) is 17.3 Å². The maximum Gasteiger partial charge on any atom is 0.140 e. The number of nitrogens with one attached hydrogen (secondary N) is 1. The minimum atomic E-state index is -0.190. The number of ketones is 1. The third kappa shape index (κ3) is 3.04. The summed E-state index contributed by atoms with van der Waals surface area (Å²) in [6.07, 6.45) is 0.641. The average molecular weight is 213 g/mol. The highest BCUT2D eigenvalue weighted by atomic mass is 16.1. The highest BCUT2D eigenvalue weighted by molar-refractivity contribution is 5.85. The lowest BCUT2D eigenvalue weighted by atomic mass is 9.65. The molecule has 0 bridgehead atoms. The van der Waals surface area contributed by atoms with Crippen LogP contribution in [-0.2, 0) is 4.79 Å². The molecule has 0 atom stereocenters. The molecule has 0 unspecified atom stereocenters. The Morgan fingerprint density at radius 2 is 1.60 bits per heavy atom. The largest absolute Gasteiger partial charge is 0.316 e. The number of rotatable bonds is 7. The van der Waals surface area contributed by atoms with E-state index < -0.39 is 0 Å². The molecular weight excluding hydrogens is 186 g/mol. The summed E-state index contributed by atoms with van der Waals surface area (Å²) in [5.41, 5.74) is -0.190. The fraction of sp³-hybridized carbons (Fsp3) is 0.923. The van der Waals surface area contributed by atoms with Gasteiger partial charge in [-0.1, -0.05) is 41.5 Å². The second kappa shape index (κ2) is 6.26. The van der Waals surface area contributed by atoms with E-state index >= 15 is 0 Å². The first kappa shape index (κ1) is 14.6. The second-order valence-electron chi connectivity index (χ2n) is 4.91. The van der Waals surface area contributed by atoms with Crippen LogP contribution in [0.25, 0.3) is 0 Å². The van der Waals surface area contributed by atoms with Gasteiger partial charge in [-0.25, -0.2) is 0 Å². The Morgan fingerprint density at radius 3 is 1.87 bits per heavy atom. The number of Topliss-reactive ketones (excluding diaryl/α,β-unsaturated/α-hetero) is 1. The monoisotopic (exact) mass is 213 g/mol. The van der Waals surface area contributed by atoms with E-state index in [0.717, 1.165) is 13.1 Å². The van der Waals surface area contributed by atoms with Crippen LogP contribution in [0, 0.1) is 17.3 Å². The Morgan fingerprint density at radius 1 is 1.13 bits per heavy atom. The van der Waals surface area contributed by atoms with Crippen molar-refractivity contribution in [2.45, 2.75) is 48.0 Å². The minimum Gasteiger partial charge on any atom is -0.316 e. The van der Waals surface area contributed by atoms with Crippen LogP contribution in [0.5, 0.6) is 0 Å².